The van der Waals surface area contributed by atoms with Crippen LogP contribution in [0.4, 0.5) is 5.69 Å². The number of nitrogens with one attached hydrogen (secondary N) is 2. The zero-order chi connectivity index (χ0) is 13.0. The largest absolute Gasteiger partial charge is 0.496 e. The van der Waals surface area contributed by atoms with Crippen molar-refractivity contribution in [3.63, 3.8) is 0 Å². The first-order chi connectivity index (χ1) is 8.70. The Labute approximate surface area is 107 Å². The highest BCUT2D eigenvalue weighted by molar-refractivity contribution is 6.07. The predicted octanol–water partition coefficient (Wildman–Crippen LogP) is 3.44. The molecule has 0 saturated heterocycles. The lowest BCUT2D eigenvalue weighted by Gasteiger charge is -2.11. The van der Waals surface area contributed by atoms with E-state index in [1.54, 1.807) is 7.11 Å². The molecule has 0 saturated carbocycles. The van der Waals surface area contributed by atoms with Crippen LogP contribution in [-0.4, -0.2) is 12.9 Å². The number of para-hydroxylation sites is 1. The van der Waals surface area contributed by atoms with Crippen molar-refractivity contribution in [1.29, 1.82) is 5.41 Å². The number of benzene rings is 2. The van der Waals surface area contributed by atoms with Crippen molar-refractivity contribution in [2.45, 2.75) is 6.92 Å². The highest BCUT2D eigenvalue weighted by atomic mass is 16.5. The SMILES string of the molecule is COc1ccccc1C(=N)Nc1ccc(C)cc1. The molecule has 0 spiro atoms. The van der Waals surface area contributed by atoms with Crippen molar-refractivity contribution >= 4 is 11.5 Å². The van der Waals surface area contributed by atoms with Crippen molar-refractivity contribution in [2.75, 3.05) is 12.4 Å². The van der Waals surface area contributed by atoms with E-state index >= 15 is 0 Å². The fraction of sp³-hybridized carbons (Fsp3) is 0.133. The van der Waals surface area contributed by atoms with Gasteiger partial charge in [0.15, 0.2) is 0 Å². The third kappa shape index (κ3) is 2.69. The number of methoxy groups -OCH3 is 1. The van der Waals surface area contributed by atoms with Crippen molar-refractivity contribution in [3.8, 4) is 5.75 Å². The number of ether oxygens (including phenoxy) is 1. The molecule has 2 N–H and O–H groups in total. The lowest BCUT2D eigenvalue weighted by molar-refractivity contribution is 0.414. The predicted molar refractivity (Wildman–Crippen MR) is 74.6 cm³/mol. The molecule has 2 aromatic rings. The van der Waals surface area contributed by atoms with E-state index in [9.17, 15) is 0 Å². The van der Waals surface area contributed by atoms with Gasteiger partial charge in [-0.05, 0) is 31.2 Å². The first kappa shape index (κ1) is 12.2. The smallest absolute Gasteiger partial charge is 0.133 e. The van der Waals surface area contributed by atoms with E-state index in [1.165, 1.54) is 5.56 Å². The summed E-state index contributed by atoms with van der Waals surface area (Å²) in [5, 5.41) is 11.1. The molecule has 0 fully saturated rings. The Morgan fingerprint density at radius 1 is 1.06 bits per heavy atom. The highest BCUT2D eigenvalue weighted by Crippen LogP contribution is 2.19. The molecule has 0 amide bonds. The minimum absolute atomic E-state index is 0.330. The van der Waals surface area contributed by atoms with Gasteiger partial charge in [-0.2, -0.15) is 0 Å². The Morgan fingerprint density at radius 3 is 2.39 bits per heavy atom. The number of rotatable bonds is 3. The maximum Gasteiger partial charge on any atom is 0.133 e. The molecule has 0 atom stereocenters. The van der Waals surface area contributed by atoms with E-state index in [-0.39, 0.29) is 0 Å². The molecule has 0 aliphatic rings. The molecule has 2 aromatic carbocycles. The number of amidine groups is 1. The summed E-state index contributed by atoms with van der Waals surface area (Å²) in [5.74, 6) is 1.03. The van der Waals surface area contributed by atoms with Gasteiger partial charge in [-0.1, -0.05) is 29.8 Å². The minimum Gasteiger partial charge on any atom is -0.496 e. The van der Waals surface area contributed by atoms with E-state index in [2.05, 4.69) is 5.32 Å². The van der Waals surface area contributed by atoms with E-state index in [0.29, 0.717) is 11.6 Å². The van der Waals surface area contributed by atoms with E-state index in [0.717, 1.165) is 11.3 Å². The molecule has 92 valence electrons. The number of anilines is 1. The van der Waals surface area contributed by atoms with Crippen LogP contribution in [0.1, 0.15) is 11.1 Å². The van der Waals surface area contributed by atoms with Crippen LogP contribution in [0.25, 0.3) is 0 Å². The molecule has 3 nitrogen and oxygen atoms in total. The molecule has 0 aliphatic carbocycles. The van der Waals surface area contributed by atoms with Gasteiger partial charge in [0, 0.05) is 5.69 Å². The fourth-order valence-corrected chi connectivity index (χ4v) is 1.70. The van der Waals surface area contributed by atoms with Crippen molar-refractivity contribution in [2.24, 2.45) is 0 Å². The minimum atomic E-state index is 0.330. The Hall–Kier alpha value is -2.29. The summed E-state index contributed by atoms with van der Waals surface area (Å²) in [6.07, 6.45) is 0. The van der Waals surface area contributed by atoms with Crippen molar-refractivity contribution < 1.29 is 4.74 Å². The summed E-state index contributed by atoms with van der Waals surface area (Å²) < 4.78 is 5.24. The topological polar surface area (TPSA) is 45.1 Å². The normalized spacial score (nSPS) is 9.89. The van der Waals surface area contributed by atoms with Gasteiger partial charge in [-0.15, -0.1) is 0 Å². The Balaban J connectivity index is 2.19. The second-order valence-electron chi connectivity index (χ2n) is 4.07. The van der Waals surface area contributed by atoms with Crippen molar-refractivity contribution in [1.82, 2.24) is 0 Å². The molecule has 0 bridgehead atoms. The van der Waals surface area contributed by atoms with Crippen molar-refractivity contribution in [3.05, 3.63) is 59.7 Å². The second-order valence-corrected chi connectivity index (χ2v) is 4.07. The maximum atomic E-state index is 8.07. The zero-order valence-corrected chi connectivity index (χ0v) is 10.5. The molecule has 18 heavy (non-hydrogen) atoms. The molecule has 0 heterocycles. The van der Waals surface area contributed by atoms with Crippen LogP contribution in [0.5, 0.6) is 5.75 Å². The summed E-state index contributed by atoms with van der Waals surface area (Å²) in [6.45, 7) is 2.04. The second kappa shape index (κ2) is 5.36. The van der Waals surface area contributed by atoms with Crippen LogP contribution < -0.4 is 10.1 Å². The van der Waals surface area contributed by atoms with Crippen LogP contribution >= 0.6 is 0 Å². The van der Waals surface area contributed by atoms with Crippen LogP contribution in [0, 0.1) is 12.3 Å². The standard InChI is InChI=1S/C15H16N2O/c1-11-7-9-12(10-8-11)17-15(16)13-5-3-4-6-14(13)18-2/h3-10H,1-2H3,(H2,16,17). The van der Waals surface area contributed by atoms with Crippen LogP contribution in [0.15, 0.2) is 48.5 Å². The van der Waals surface area contributed by atoms with Gasteiger partial charge in [-0.3, -0.25) is 5.41 Å². The van der Waals surface area contributed by atoms with E-state index in [4.69, 9.17) is 10.1 Å². The van der Waals surface area contributed by atoms with Gasteiger partial charge in [0.05, 0.1) is 12.7 Å². The zero-order valence-electron chi connectivity index (χ0n) is 10.5. The summed E-state index contributed by atoms with van der Waals surface area (Å²) in [6, 6.07) is 15.4. The third-order valence-electron chi connectivity index (χ3n) is 2.70. The monoisotopic (exact) mass is 240 g/mol. The van der Waals surface area contributed by atoms with Crippen LogP contribution in [0.3, 0.4) is 0 Å². The Morgan fingerprint density at radius 2 is 1.72 bits per heavy atom. The van der Waals surface area contributed by atoms with E-state index in [1.807, 2.05) is 55.5 Å². The number of aryl methyl sites for hydroxylation is 1. The third-order valence-corrected chi connectivity index (χ3v) is 2.70. The molecule has 0 unspecified atom stereocenters. The number of hydrogen-bond acceptors (Lipinski definition) is 2. The summed E-state index contributed by atoms with van der Waals surface area (Å²) in [4.78, 5) is 0. The quantitative estimate of drug-likeness (QED) is 0.637. The summed E-state index contributed by atoms with van der Waals surface area (Å²) in [7, 11) is 1.61. The number of hydrogen-bond donors (Lipinski definition) is 2. The summed E-state index contributed by atoms with van der Waals surface area (Å²) >= 11 is 0. The van der Waals surface area contributed by atoms with Gasteiger partial charge < -0.3 is 10.1 Å². The molecule has 0 aromatic heterocycles. The van der Waals surface area contributed by atoms with Gasteiger partial charge in [-0.25, -0.2) is 0 Å². The Kier molecular flexibility index (Phi) is 3.63. The summed E-state index contributed by atoms with van der Waals surface area (Å²) in [5.41, 5.74) is 2.85. The lowest BCUT2D eigenvalue weighted by Crippen LogP contribution is -2.13. The molecular weight excluding hydrogens is 224 g/mol. The average molecular weight is 240 g/mol. The lowest BCUT2D eigenvalue weighted by atomic mass is 10.1. The fourth-order valence-electron chi connectivity index (χ4n) is 1.70. The molecule has 0 radical (unpaired) electrons. The molecule has 0 aliphatic heterocycles. The molecular formula is C15H16N2O. The van der Waals surface area contributed by atoms with Crippen LogP contribution in [-0.2, 0) is 0 Å². The van der Waals surface area contributed by atoms with Gasteiger partial charge in [0.25, 0.3) is 0 Å². The molecule has 2 rings (SSSR count). The van der Waals surface area contributed by atoms with Gasteiger partial charge in [0.1, 0.15) is 11.6 Å². The van der Waals surface area contributed by atoms with Crippen LogP contribution in [0.2, 0.25) is 0 Å². The maximum absolute atomic E-state index is 8.07. The van der Waals surface area contributed by atoms with Gasteiger partial charge in [0.2, 0.25) is 0 Å². The molecule has 3 heteroatoms. The Bertz CT molecular complexity index is 547. The average Bonchev–Trinajstić information content (AvgIpc) is 2.41. The highest BCUT2D eigenvalue weighted by Gasteiger charge is 2.07. The first-order valence-corrected chi connectivity index (χ1v) is 5.76. The van der Waals surface area contributed by atoms with Gasteiger partial charge >= 0.3 is 0 Å². The first-order valence-electron chi connectivity index (χ1n) is 5.76. The van der Waals surface area contributed by atoms with E-state index < -0.39 is 0 Å².